The number of para-hydroxylation sites is 1. The smallest absolute Gasteiger partial charge is 0.237 e. The van der Waals surface area contributed by atoms with E-state index in [1.807, 2.05) is 61.5 Å². The average Bonchev–Trinajstić information content (AvgIpc) is 3.05. The fourth-order valence-electron chi connectivity index (χ4n) is 2.94. The van der Waals surface area contributed by atoms with E-state index in [0.717, 1.165) is 26.7 Å². The van der Waals surface area contributed by atoms with Gasteiger partial charge >= 0.3 is 0 Å². The van der Waals surface area contributed by atoms with Gasteiger partial charge < -0.3 is 10.1 Å². The first-order chi connectivity index (χ1) is 14.5. The minimum atomic E-state index is -0.303. The fraction of sp³-hybridized carbons (Fsp3) is 0.174. The van der Waals surface area contributed by atoms with Crippen LogP contribution < -0.4 is 10.1 Å². The van der Waals surface area contributed by atoms with Crippen molar-refractivity contribution in [3.05, 3.63) is 71.4 Å². The Labute approximate surface area is 183 Å². The fourth-order valence-corrected chi connectivity index (χ4v) is 4.97. The van der Waals surface area contributed by atoms with Gasteiger partial charge in [-0.15, -0.1) is 11.3 Å². The number of amides is 1. The van der Waals surface area contributed by atoms with Crippen LogP contribution in [0, 0.1) is 13.8 Å². The molecule has 0 aliphatic carbocycles. The molecule has 2 aromatic heterocycles. The van der Waals surface area contributed by atoms with Crippen LogP contribution in [-0.2, 0) is 4.79 Å². The molecule has 0 saturated heterocycles. The molecule has 0 aliphatic rings. The molecule has 7 heteroatoms. The summed E-state index contributed by atoms with van der Waals surface area (Å²) in [7, 11) is 0. The Morgan fingerprint density at radius 3 is 2.47 bits per heavy atom. The van der Waals surface area contributed by atoms with Crippen molar-refractivity contribution in [2.75, 3.05) is 5.32 Å². The summed E-state index contributed by atoms with van der Waals surface area (Å²) in [5.41, 5.74) is 1.91. The van der Waals surface area contributed by atoms with E-state index in [4.69, 9.17) is 4.74 Å². The Kier molecular flexibility index (Phi) is 6.01. The van der Waals surface area contributed by atoms with Crippen LogP contribution in [0.25, 0.3) is 10.2 Å². The summed E-state index contributed by atoms with van der Waals surface area (Å²) >= 11 is 3.11. The number of thiophene rings is 1. The largest absolute Gasteiger partial charge is 0.457 e. The Bertz CT molecular complexity index is 1170. The van der Waals surface area contributed by atoms with Gasteiger partial charge in [0.1, 0.15) is 27.7 Å². The third-order valence-electron chi connectivity index (χ3n) is 4.69. The molecule has 0 bridgehead atoms. The third kappa shape index (κ3) is 4.47. The Morgan fingerprint density at radius 2 is 1.73 bits per heavy atom. The van der Waals surface area contributed by atoms with Crippen LogP contribution >= 0.6 is 23.1 Å². The van der Waals surface area contributed by atoms with Crippen molar-refractivity contribution < 1.29 is 9.53 Å². The molecular weight excluding hydrogens is 414 g/mol. The number of aromatic nitrogens is 2. The van der Waals surface area contributed by atoms with E-state index in [0.29, 0.717) is 5.75 Å². The van der Waals surface area contributed by atoms with Crippen LogP contribution in [-0.4, -0.2) is 21.1 Å². The number of thioether (sulfide) groups is 1. The summed E-state index contributed by atoms with van der Waals surface area (Å²) in [6.45, 7) is 6.04. The molecule has 0 spiro atoms. The number of benzene rings is 2. The zero-order chi connectivity index (χ0) is 21.1. The molecule has 4 rings (SSSR count). The van der Waals surface area contributed by atoms with Crippen molar-refractivity contribution in [1.82, 2.24) is 9.97 Å². The molecule has 1 unspecified atom stereocenters. The van der Waals surface area contributed by atoms with Crippen molar-refractivity contribution in [3.8, 4) is 11.5 Å². The molecule has 0 radical (unpaired) electrons. The highest BCUT2D eigenvalue weighted by atomic mass is 32.2. The van der Waals surface area contributed by atoms with Crippen molar-refractivity contribution in [3.63, 3.8) is 0 Å². The number of rotatable bonds is 6. The van der Waals surface area contributed by atoms with E-state index >= 15 is 0 Å². The molecule has 0 fully saturated rings. The molecule has 1 N–H and O–H groups in total. The van der Waals surface area contributed by atoms with Gasteiger partial charge in [-0.1, -0.05) is 30.0 Å². The topological polar surface area (TPSA) is 64.1 Å². The van der Waals surface area contributed by atoms with Gasteiger partial charge in [-0.2, -0.15) is 0 Å². The Balaban J connectivity index is 1.41. The SMILES string of the molecule is Cc1sc2ncnc(SC(C)C(=O)Nc3ccc(Oc4ccccc4)cc3)c2c1C. The van der Waals surface area contributed by atoms with E-state index < -0.39 is 0 Å². The molecule has 2 heterocycles. The van der Waals surface area contributed by atoms with Gasteiger partial charge in [-0.25, -0.2) is 9.97 Å². The number of hydrogen-bond donors (Lipinski definition) is 1. The van der Waals surface area contributed by atoms with Gasteiger partial charge in [0, 0.05) is 16.0 Å². The zero-order valence-corrected chi connectivity index (χ0v) is 18.5. The molecule has 1 amide bonds. The highest BCUT2D eigenvalue weighted by molar-refractivity contribution is 8.00. The monoisotopic (exact) mass is 435 g/mol. The van der Waals surface area contributed by atoms with Crippen molar-refractivity contribution in [2.24, 2.45) is 0 Å². The number of ether oxygens (including phenoxy) is 1. The second-order valence-corrected chi connectivity index (χ2v) is 9.36. The molecule has 5 nitrogen and oxygen atoms in total. The number of nitrogens with zero attached hydrogens (tertiary/aromatic N) is 2. The second kappa shape index (κ2) is 8.85. The highest BCUT2D eigenvalue weighted by Crippen LogP contribution is 2.36. The lowest BCUT2D eigenvalue weighted by Crippen LogP contribution is -2.22. The number of carbonyl (C=O) groups is 1. The average molecular weight is 436 g/mol. The maximum absolute atomic E-state index is 12.7. The summed E-state index contributed by atoms with van der Waals surface area (Å²) in [5.74, 6) is 1.41. The molecule has 0 saturated carbocycles. The standard InChI is InChI=1S/C23H21N3O2S2/c1-14-15(2)29-22-20(14)23(25-13-24-22)30-16(3)21(27)26-17-9-11-19(12-10-17)28-18-7-5-4-6-8-18/h4-13,16H,1-3H3,(H,26,27). The first-order valence-electron chi connectivity index (χ1n) is 9.52. The summed E-state index contributed by atoms with van der Waals surface area (Å²) in [5, 5.41) is 4.55. The molecule has 1 atom stereocenters. The molecule has 4 aromatic rings. The summed E-state index contributed by atoms with van der Waals surface area (Å²) in [6.07, 6.45) is 1.57. The third-order valence-corrected chi connectivity index (χ3v) is 6.90. The van der Waals surface area contributed by atoms with Crippen LogP contribution in [0.1, 0.15) is 17.4 Å². The first-order valence-corrected chi connectivity index (χ1v) is 11.2. The summed E-state index contributed by atoms with van der Waals surface area (Å²) in [6, 6.07) is 16.9. The van der Waals surface area contributed by atoms with Gasteiger partial charge in [-0.05, 0) is 62.7 Å². The second-order valence-electron chi connectivity index (χ2n) is 6.83. The number of fused-ring (bicyclic) bond motifs is 1. The van der Waals surface area contributed by atoms with Gasteiger partial charge in [0.2, 0.25) is 5.91 Å². The Hall–Kier alpha value is -2.90. The zero-order valence-electron chi connectivity index (χ0n) is 16.9. The van der Waals surface area contributed by atoms with E-state index in [-0.39, 0.29) is 11.2 Å². The number of carbonyl (C=O) groups excluding carboxylic acids is 1. The van der Waals surface area contributed by atoms with E-state index in [1.54, 1.807) is 17.7 Å². The molecule has 2 aromatic carbocycles. The number of anilines is 1. The molecular formula is C23H21N3O2S2. The maximum Gasteiger partial charge on any atom is 0.237 e. The normalized spacial score (nSPS) is 12.0. The minimum Gasteiger partial charge on any atom is -0.457 e. The minimum absolute atomic E-state index is 0.0758. The molecule has 152 valence electrons. The van der Waals surface area contributed by atoms with Crippen LogP contribution in [0.4, 0.5) is 5.69 Å². The lowest BCUT2D eigenvalue weighted by molar-refractivity contribution is -0.115. The van der Waals surface area contributed by atoms with Crippen molar-refractivity contribution in [1.29, 1.82) is 0 Å². The van der Waals surface area contributed by atoms with Crippen LogP contribution in [0.2, 0.25) is 0 Å². The lowest BCUT2D eigenvalue weighted by Gasteiger charge is -2.13. The molecule has 30 heavy (non-hydrogen) atoms. The number of hydrogen-bond acceptors (Lipinski definition) is 6. The van der Waals surface area contributed by atoms with Gasteiger partial charge in [0.15, 0.2) is 0 Å². The van der Waals surface area contributed by atoms with Gasteiger partial charge in [0.25, 0.3) is 0 Å². The predicted molar refractivity (Wildman–Crippen MR) is 124 cm³/mol. The van der Waals surface area contributed by atoms with E-state index in [1.165, 1.54) is 22.2 Å². The van der Waals surface area contributed by atoms with Crippen LogP contribution in [0.3, 0.4) is 0 Å². The number of aryl methyl sites for hydroxylation is 2. The number of nitrogens with one attached hydrogen (secondary N) is 1. The predicted octanol–water partition coefficient (Wildman–Crippen LogP) is 6.22. The van der Waals surface area contributed by atoms with Gasteiger partial charge in [-0.3, -0.25) is 4.79 Å². The highest BCUT2D eigenvalue weighted by Gasteiger charge is 2.19. The molecule has 0 aliphatic heterocycles. The maximum atomic E-state index is 12.7. The van der Waals surface area contributed by atoms with Crippen LogP contribution in [0.5, 0.6) is 11.5 Å². The Morgan fingerprint density at radius 1 is 1.03 bits per heavy atom. The van der Waals surface area contributed by atoms with Crippen molar-refractivity contribution in [2.45, 2.75) is 31.0 Å². The van der Waals surface area contributed by atoms with Gasteiger partial charge in [0.05, 0.1) is 5.25 Å². The summed E-state index contributed by atoms with van der Waals surface area (Å²) in [4.78, 5) is 23.7. The first kappa shape index (κ1) is 20.4. The lowest BCUT2D eigenvalue weighted by atomic mass is 10.2. The van der Waals surface area contributed by atoms with E-state index in [9.17, 15) is 4.79 Å². The quantitative estimate of drug-likeness (QED) is 0.288. The summed E-state index contributed by atoms with van der Waals surface area (Å²) < 4.78 is 5.79. The van der Waals surface area contributed by atoms with Crippen LogP contribution in [0.15, 0.2) is 66.0 Å². The van der Waals surface area contributed by atoms with E-state index in [2.05, 4.69) is 29.1 Å². The van der Waals surface area contributed by atoms with Crippen molar-refractivity contribution >= 4 is 44.9 Å².